The predicted octanol–water partition coefficient (Wildman–Crippen LogP) is 4.12. The van der Waals surface area contributed by atoms with E-state index in [1.165, 1.54) is 11.1 Å². The van der Waals surface area contributed by atoms with Gasteiger partial charge < -0.3 is 4.90 Å². The van der Waals surface area contributed by atoms with Crippen molar-refractivity contribution in [2.45, 2.75) is 32.9 Å². The molecule has 4 heteroatoms. The van der Waals surface area contributed by atoms with Crippen LogP contribution >= 0.6 is 15.9 Å². The Bertz CT molecular complexity index is 697. The zero-order valence-corrected chi connectivity index (χ0v) is 13.7. The summed E-state index contributed by atoms with van der Waals surface area (Å²) < 4.78 is 1.08. The fraction of sp³-hybridized carbons (Fsp3) is 0.294. The molecule has 108 valence electrons. The molecule has 0 atom stereocenters. The minimum absolute atomic E-state index is 0.0794. The summed E-state index contributed by atoms with van der Waals surface area (Å²) in [6.07, 6.45) is 1.74. The Kier molecular flexibility index (Phi) is 3.81. The molecule has 0 radical (unpaired) electrons. The van der Waals surface area contributed by atoms with Crippen molar-refractivity contribution in [1.82, 2.24) is 9.88 Å². The number of pyridine rings is 1. The van der Waals surface area contributed by atoms with Gasteiger partial charge in [-0.05, 0) is 41.3 Å². The lowest BCUT2D eigenvalue weighted by Gasteiger charge is -2.20. The van der Waals surface area contributed by atoms with Crippen LogP contribution in [0.25, 0.3) is 0 Å². The Hall–Kier alpha value is -1.68. The molecule has 0 saturated heterocycles. The first-order valence-electron chi connectivity index (χ1n) is 7.07. The van der Waals surface area contributed by atoms with Gasteiger partial charge in [0.15, 0.2) is 0 Å². The number of fused-ring (bicyclic) bond motifs is 1. The second-order valence-electron chi connectivity index (χ2n) is 5.66. The predicted molar refractivity (Wildman–Crippen MR) is 86.0 cm³/mol. The van der Waals surface area contributed by atoms with Crippen LogP contribution in [0, 0.1) is 0 Å². The zero-order valence-electron chi connectivity index (χ0n) is 12.1. The van der Waals surface area contributed by atoms with Crippen LogP contribution in [0.3, 0.4) is 0 Å². The van der Waals surface area contributed by atoms with Crippen LogP contribution in [-0.2, 0) is 13.1 Å². The zero-order chi connectivity index (χ0) is 15.0. The van der Waals surface area contributed by atoms with Crippen molar-refractivity contribution in [3.63, 3.8) is 0 Å². The monoisotopic (exact) mass is 344 g/mol. The Balaban J connectivity index is 1.88. The van der Waals surface area contributed by atoms with Gasteiger partial charge >= 0.3 is 0 Å². The number of hydrogen-bond donors (Lipinski definition) is 0. The lowest BCUT2D eigenvalue weighted by molar-refractivity contribution is 0.0766. The highest BCUT2D eigenvalue weighted by atomic mass is 79.9. The lowest BCUT2D eigenvalue weighted by Crippen LogP contribution is -2.24. The summed E-state index contributed by atoms with van der Waals surface area (Å²) >= 11 is 3.52. The van der Waals surface area contributed by atoms with Crippen LogP contribution in [0.5, 0.6) is 0 Å². The molecule has 0 fully saturated rings. The first-order valence-corrected chi connectivity index (χ1v) is 7.87. The average Bonchev–Trinajstić information content (AvgIpc) is 2.78. The first-order chi connectivity index (χ1) is 10.1. The SMILES string of the molecule is CC(C)c1cc(Br)ccc1CN1Cc2ncccc2C1=O. The van der Waals surface area contributed by atoms with Crippen LogP contribution in [0.1, 0.15) is 46.9 Å². The maximum absolute atomic E-state index is 12.4. The van der Waals surface area contributed by atoms with E-state index in [-0.39, 0.29) is 5.91 Å². The van der Waals surface area contributed by atoms with Crippen molar-refractivity contribution >= 4 is 21.8 Å². The number of amides is 1. The lowest BCUT2D eigenvalue weighted by atomic mass is 9.97. The molecule has 3 rings (SSSR count). The highest BCUT2D eigenvalue weighted by Gasteiger charge is 2.28. The standard InChI is InChI=1S/C17H17BrN2O/c1-11(2)15-8-13(18)6-5-12(15)9-20-10-16-14(17(20)21)4-3-7-19-16/h3-8,11H,9-10H2,1-2H3. The fourth-order valence-corrected chi connectivity index (χ4v) is 3.14. The summed E-state index contributed by atoms with van der Waals surface area (Å²) in [6.45, 7) is 5.58. The molecular formula is C17H17BrN2O. The minimum atomic E-state index is 0.0794. The highest BCUT2D eigenvalue weighted by molar-refractivity contribution is 9.10. The van der Waals surface area contributed by atoms with Gasteiger partial charge in [0.2, 0.25) is 0 Å². The van der Waals surface area contributed by atoms with Crippen LogP contribution in [0.4, 0.5) is 0 Å². The number of rotatable bonds is 3. The smallest absolute Gasteiger partial charge is 0.256 e. The summed E-state index contributed by atoms with van der Waals surface area (Å²) in [6, 6.07) is 9.96. The molecule has 0 spiro atoms. The molecule has 1 aromatic heterocycles. The van der Waals surface area contributed by atoms with Gasteiger partial charge in [-0.15, -0.1) is 0 Å². The Morgan fingerprint density at radius 2 is 2.14 bits per heavy atom. The number of nitrogens with zero attached hydrogens (tertiary/aromatic N) is 2. The number of benzene rings is 1. The van der Waals surface area contributed by atoms with Gasteiger partial charge in [0.1, 0.15) is 0 Å². The van der Waals surface area contributed by atoms with Crippen molar-refractivity contribution in [1.29, 1.82) is 0 Å². The van der Waals surface area contributed by atoms with Crippen molar-refractivity contribution in [2.24, 2.45) is 0 Å². The second kappa shape index (κ2) is 5.60. The number of carbonyl (C=O) groups excluding carboxylic acids is 1. The summed E-state index contributed by atoms with van der Waals surface area (Å²) in [5, 5.41) is 0. The van der Waals surface area contributed by atoms with Crippen LogP contribution in [-0.4, -0.2) is 15.8 Å². The van der Waals surface area contributed by atoms with E-state index in [9.17, 15) is 4.79 Å². The van der Waals surface area contributed by atoms with Gasteiger partial charge in [0.25, 0.3) is 5.91 Å². The topological polar surface area (TPSA) is 33.2 Å². The molecule has 3 nitrogen and oxygen atoms in total. The van der Waals surface area contributed by atoms with E-state index in [4.69, 9.17) is 0 Å². The normalized spacial score (nSPS) is 13.9. The number of carbonyl (C=O) groups is 1. The van der Waals surface area contributed by atoms with Crippen LogP contribution in [0.15, 0.2) is 41.0 Å². The van der Waals surface area contributed by atoms with Crippen LogP contribution < -0.4 is 0 Å². The average molecular weight is 345 g/mol. The van der Waals surface area contributed by atoms with E-state index in [1.54, 1.807) is 6.20 Å². The molecular weight excluding hydrogens is 328 g/mol. The fourth-order valence-electron chi connectivity index (χ4n) is 2.76. The van der Waals surface area contributed by atoms with Crippen molar-refractivity contribution in [3.05, 3.63) is 63.4 Å². The van der Waals surface area contributed by atoms with Gasteiger partial charge in [-0.3, -0.25) is 9.78 Å². The maximum Gasteiger partial charge on any atom is 0.256 e. The Morgan fingerprint density at radius 3 is 2.86 bits per heavy atom. The summed E-state index contributed by atoms with van der Waals surface area (Å²) in [7, 11) is 0. The van der Waals surface area contributed by atoms with Gasteiger partial charge in [-0.25, -0.2) is 0 Å². The third kappa shape index (κ3) is 2.72. The largest absolute Gasteiger partial charge is 0.328 e. The Morgan fingerprint density at radius 1 is 1.33 bits per heavy atom. The molecule has 1 aliphatic rings. The molecule has 2 aromatic rings. The minimum Gasteiger partial charge on any atom is -0.328 e. The third-order valence-corrected chi connectivity index (χ3v) is 4.33. The molecule has 21 heavy (non-hydrogen) atoms. The third-order valence-electron chi connectivity index (χ3n) is 3.84. The van der Waals surface area contributed by atoms with E-state index < -0.39 is 0 Å². The highest BCUT2D eigenvalue weighted by Crippen LogP contribution is 2.28. The molecule has 0 unspecified atom stereocenters. The number of aromatic nitrogens is 1. The summed E-state index contributed by atoms with van der Waals surface area (Å²) in [4.78, 5) is 18.6. The van der Waals surface area contributed by atoms with Crippen molar-refractivity contribution in [3.8, 4) is 0 Å². The summed E-state index contributed by atoms with van der Waals surface area (Å²) in [5.74, 6) is 0.506. The molecule has 0 aliphatic carbocycles. The number of halogens is 1. The van der Waals surface area contributed by atoms with E-state index in [2.05, 4.69) is 46.9 Å². The molecule has 0 saturated carbocycles. The van der Waals surface area contributed by atoms with Gasteiger partial charge in [0.05, 0.1) is 17.8 Å². The van der Waals surface area contributed by atoms with Crippen molar-refractivity contribution in [2.75, 3.05) is 0 Å². The van der Waals surface area contributed by atoms with Gasteiger partial charge in [-0.2, -0.15) is 0 Å². The molecule has 1 aliphatic heterocycles. The molecule has 1 aromatic carbocycles. The molecule has 0 bridgehead atoms. The quantitative estimate of drug-likeness (QED) is 0.838. The molecule has 2 heterocycles. The molecule has 0 N–H and O–H groups in total. The molecule has 1 amide bonds. The Labute approximate surface area is 133 Å². The van der Waals surface area contributed by atoms with E-state index in [0.717, 1.165) is 15.7 Å². The van der Waals surface area contributed by atoms with E-state index >= 15 is 0 Å². The van der Waals surface area contributed by atoms with E-state index in [0.29, 0.717) is 19.0 Å². The number of hydrogen-bond acceptors (Lipinski definition) is 2. The van der Waals surface area contributed by atoms with Crippen LogP contribution in [0.2, 0.25) is 0 Å². The van der Waals surface area contributed by atoms with Gasteiger partial charge in [0, 0.05) is 17.2 Å². The first kappa shape index (κ1) is 14.3. The van der Waals surface area contributed by atoms with Crippen molar-refractivity contribution < 1.29 is 4.79 Å². The maximum atomic E-state index is 12.4. The van der Waals surface area contributed by atoms with E-state index in [1.807, 2.05) is 23.1 Å². The van der Waals surface area contributed by atoms with Gasteiger partial charge in [-0.1, -0.05) is 35.8 Å². The summed E-state index contributed by atoms with van der Waals surface area (Å²) in [5.41, 5.74) is 4.10. The second-order valence-corrected chi connectivity index (χ2v) is 6.57.